The van der Waals surface area contributed by atoms with Crippen LogP contribution in [0.15, 0.2) is 48.5 Å². The Labute approximate surface area is 176 Å². The van der Waals surface area contributed by atoms with E-state index in [0.717, 1.165) is 43.1 Å². The molecule has 1 fully saturated rings. The second-order valence-electron chi connectivity index (χ2n) is 6.95. The van der Waals surface area contributed by atoms with Crippen molar-refractivity contribution in [1.82, 2.24) is 5.32 Å². The molecule has 154 valence electrons. The van der Waals surface area contributed by atoms with Gasteiger partial charge in [0, 0.05) is 31.0 Å². The van der Waals surface area contributed by atoms with Gasteiger partial charge >= 0.3 is 0 Å². The molecular formula is C22H27N3O3S. The first-order valence-electron chi connectivity index (χ1n) is 9.73. The van der Waals surface area contributed by atoms with Gasteiger partial charge in [-0.1, -0.05) is 24.3 Å². The standard InChI is InChI=1S/C22H27N3O3S/c1-17-3-2-4-19(13-17)24-22(27)16-29-15-21(26)23-14-18-5-7-20(8-6-18)25-9-11-28-12-10-25/h2-8,13H,9-12,14-16H2,1H3,(H,23,26)(H,24,27). The summed E-state index contributed by atoms with van der Waals surface area (Å²) in [6, 6.07) is 15.9. The van der Waals surface area contributed by atoms with Crippen LogP contribution >= 0.6 is 11.8 Å². The molecule has 1 heterocycles. The summed E-state index contributed by atoms with van der Waals surface area (Å²) in [4.78, 5) is 26.3. The quantitative estimate of drug-likeness (QED) is 0.696. The molecule has 1 aliphatic heterocycles. The molecule has 2 aromatic rings. The van der Waals surface area contributed by atoms with Gasteiger partial charge in [-0.15, -0.1) is 11.8 Å². The van der Waals surface area contributed by atoms with Gasteiger partial charge in [-0.2, -0.15) is 0 Å². The van der Waals surface area contributed by atoms with Gasteiger partial charge in [-0.25, -0.2) is 0 Å². The minimum atomic E-state index is -0.105. The smallest absolute Gasteiger partial charge is 0.234 e. The van der Waals surface area contributed by atoms with Gasteiger partial charge in [0.15, 0.2) is 0 Å². The Morgan fingerprint density at radius 3 is 2.48 bits per heavy atom. The molecule has 7 heteroatoms. The zero-order valence-electron chi connectivity index (χ0n) is 16.6. The van der Waals surface area contributed by atoms with Crippen LogP contribution in [0.2, 0.25) is 0 Å². The maximum atomic E-state index is 12.0. The van der Waals surface area contributed by atoms with Crippen molar-refractivity contribution < 1.29 is 14.3 Å². The van der Waals surface area contributed by atoms with Crippen molar-refractivity contribution in [3.63, 3.8) is 0 Å². The summed E-state index contributed by atoms with van der Waals surface area (Å²) in [6.07, 6.45) is 0. The molecular weight excluding hydrogens is 386 g/mol. The molecule has 0 atom stereocenters. The number of aryl methyl sites for hydroxylation is 1. The van der Waals surface area contributed by atoms with Crippen LogP contribution < -0.4 is 15.5 Å². The maximum Gasteiger partial charge on any atom is 0.234 e. The Morgan fingerprint density at radius 1 is 1.03 bits per heavy atom. The summed E-state index contributed by atoms with van der Waals surface area (Å²) in [7, 11) is 0. The molecule has 6 nitrogen and oxygen atoms in total. The number of hydrogen-bond donors (Lipinski definition) is 2. The molecule has 0 saturated carbocycles. The van der Waals surface area contributed by atoms with Gasteiger partial charge in [-0.05, 0) is 42.3 Å². The lowest BCUT2D eigenvalue weighted by molar-refractivity contribution is -0.118. The molecule has 3 rings (SSSR count). The molecule has 0 aromatic heterocycles. The second-order valence-corrected chi connectivity index (χ2v) is 7.94. The highest BCUT2D eigenvalue weighted by Crippen LogP contribution is 2.16. The topological polar surface area (TPSA) is 70.7 Å². The third-order valence-electron chi connectivity index (χ3n) is 4.57. The Hall–Kier alpha value is -2.51. The van der Waals surface area contributed by atoms with Crippen molar-refractivity contribution in [3.8, 4) is 0 Å². The molecule has 0 spiro atoms. The summed E-state index contributed by atoms with van der Waals surface area (Å²) in [5.74, 6) is 0.325. The van der Waals surface area contributed by atoms with Crippen LogP contribution in [0, 0.1) is 6.92 Å². The monoisotopic (exact) mass is 413 g/mol. The van der Waals surface area contributed by atoms with Crippen LogP contribution in [-0.4, -0.2) is 49.6 Å². The zero-order valence-corrected chi connectivity index (χ0v) is 17.5. The molecule has 1 aliphatic rings. The molecule has 0 bridgehead atoms. The third kappa shape index (κ3) is 7.11. The SMILES string of the molecule is Cc1cccc(NC(=O)CSCC(=O)NCc2ccc(N3CCOCC3)cc2)c1. The fraction of sp³-hybridized carbons (Fsp3) is 0.364. The first-order chi connectivity index (χ1) is 14.1. The van der Waals surface area contributed by atoms with E-state index in [1.165, 1.54) is 17.4 Å². The Balaban J connectivity index is 1.33. The Kier molecular flexibility index (Phi) is 7.95. The number of nitrogens with one attached hydrogen (secondary N) is 2. The van der Waals surface area contributed by atoms with E-state index in [1.807, 2.05) is 43.3 Å². The summed E-state index contributed by atoms with van der Waals surface area (Å²) in [5, 5.41) is 5.75. The normalized spacial score (nSPS) is 13.8. The highest BCUT2D eigenvalue weighted by Gasteiger charge is 2.11. The van der Waals surface area contributed by atoms with E-state index in [9.17, 15) is 9.59 Å². The molecule has 2 aromatic carbocycles. The molecule has 0 radical (unpaired) electrons. The largest absolute Gasteiger partial charge is 0.378 e. The van der Waals surface area contributed by atoms with E-state index >= 15 is 0 Å². The van der Waals surface area contributed by atoms with Crippen molar-refractivity contribution in [2.75, 3.05) is 48.0 Å². The van der Waals surface area contributed by atoms with E-state index in [-0.39, 0.29) is 23.3 Å². The minimum absolute atomic E-state index is 0.0735. The number of ether oxygens (including phenoxy) is 1. The van der Waals surface area contributed by atoms with Crippen molar-refractivity contribution in [1.29, 1.82) is 0 Å². The van der Waals surface area contributed by atoms with Gasteiger partial charge in [0.1, 0.15) is 0 Å². The van der Waals surface area contributed by atoms with E-state index < -0.39 is 0 Å². The first kappa shape index (κ1) is 21.2. The van der Waals surface area contributed by atoms with Crippen molar-refractivity contribution in [2.45, 2.75) is 13.5 Å². The van der Waals surface area contributed by atoms with E-state index in [0.29, 0.717) is 6.54 Å². The fourth-order valence-corrected chi connectivity index (χ4v) is 3.70. The highest BCUT2D eigenvalue weighted by atomic mass is 32.2. The lowest BCUT2D eigenvalue weighted by Crippen LogP contribution is -2.36. The number of carbonyl (C=O) groups excluding carboxylic acids is 2. The number of morpholine rings is 1. The van der Waals surface area contributed by atoms with E-state index in [4.69, 9.17) is 4.74 Å². The number of rotatable bonds is 8. The van der Waals surface area contributed by atoms with Crippen molar-refractivity contribution >= 4 is 35.0 Å². The van der Waals surface area contributed by atoms with Crippen LogP contribution in [0.5, 0.6) is 0 Å². The number of amides is 2. The molecule has 2 N–H and O–H groups in total. The van der Waals surface area contributed by atoms with Gasteiger partial charge in [0.25, 0.3) is 0 Å². The average Bonchev–Trinajstić information content (AvgIpc) is 2.73. The average molecular weight is 414 g/mol. The summed E-state index contributed by atoms with van der Waals surface area (Å²) >= 11 is 1.31. The number of anilines is 2. The summed E-state index contributed by atoms with van der Waals surface area (Å²) < 4.78 is 5.37. The molecule has 29 heavy (non-hydrogen) atoms. The minimum Gasteiger partial charge on any atom is -0.378 e. The maximum absolute atomic E-state index is 12.0. The molecule has 1 saturated heterocycles. The number of thioether (sulfide) groups is 1. The third-order valence-corrected chi connectivity index (χ3v) is 5.50. The van der Waals surface area contributed by atoms with Crippen LogP contribution in [0.4, 0.5) is 11.4 Å². The zero-order chi connectivity index (χ0) is 20.5. The van der Waals surface area contributed by atoms with E-state index in [1.54, 1.807) is 0 Å². The summed E-state index contributed by atoms with van der Waals surface area (Å²) in [6.45, 7) is 5.80. The predicted molar refractivity (Wildman–Crippen MR) is 118 cm³/mol. The highest BCUT2D eigenvalue weighted by molar-refractivity contribution is 8.00. The van der Waals surface area contributed by atoms with E-state index in [2.05, 4.69) is 27.7 Å². The van der Waals surface area contributed by atoms with Gasteiger partial charge in [0.05, 0.1) is 24.7 Å². The number of benzene rings is 2. The van der Waals surface area contributed by atoms with Crippen LogP contribution in [0.3, 0.4) is 0 Å². The van der Waals surface area contributed by atoms with Gasteiger partial charge in [-0.3, -0.25) is 9.59 Å². The summed E-state index contributed by atoms with van der Waals surface area (Å²) in [5.41, 5.74) is 4.10. The van der Waals surface area contributed by atoms with Crippen LogP contribution in [0.25, 0.3) is 0 Å². The van der Waals surface area contributed by atoms with Gasteiger partial charge < -0.3 is 20.3 Å². The van der Waals surface area contributed by atoms with Crippen LogP contribution in [-0.2, 0) is 20.9 Å². The van der Waals surface area contributed by atoms with Crippen molar-refractivity contribution in [2.24, 2.45) is 0 Å². The molecule has 2 amide bonds. The lowest BCUT2D eigenvalue weighted by Gasteiger charge is -2.28. The van der Waals surface area contributed by atoms with Crippen LogP contribution in [0.1, 0.15) is 11.1 Å². The van der Waals surface area contributed by atoms with Crippen molar-refractivity contribution in [3.05, 3.63) is 59.7 Å². The fourth-order valence-electron chi connectivity index (χ4n) is 3.05. The van der Waals surface area contributed by atoms with Gasteiger partial charge in [0.2, 0.25) is 11.8 Å². The lowest BCUT2D eigenvalue weighted by atomic mass is 10.2. The molecule has 0 aliphatic carbocycles. The Bertz CT molecular complexity index is 820. The predicted octanol–water partition coefficient (Wildman–Crippen LogP) is 2.82. The Morgan fingerprint density at radius 2 is 1.76 bits per heavy atom. The molecule has 0 unspecified atom stereocenters. The number of carbonyl (C=O) groups is 2. The number of nitrogens with zero attached hydrogens (tertiary/aromatic N) is 1. The first-order valence-corrected chi connectivity index (χ1v) is 10.9. The second kappa shape index (κ2) is 10.9. The number of hydrogen-bond acceptors (Lipinski definition) is 5.